The lowest BCUT2D eigenvalue weighted by Gasteiger charge is -2.23. The molecule has 138 valence electrons. The van der Waals surface area contributed by atoms with E-state index in [1.165, 1.54) is 35.6 Å². The lowest BCUT2D eigenvalue weighted by Crippen LogP contribution is -2.34. The fourth-order valence-corrected chi connectivity index (χ4v) is 4.18. The van der Waals surface area contributed by atoms with E-state index in [1.807, 2.05) is 5.38 Å². The number of urea groups is 1. The Hall–Kier alpha value is -2.80. The molecule has 2 aromatic carbocycles. The summed E-state index contributed by atoms with van der Waals surface area (Å²) in [5.41, 5.74) is 1.76. The summed E-state index contributed by atoms with van der Waals surface area (Å²) in [6, 6.07) is 11.8. The van der Waals surface area contributed by atoms with Crippen LogP contribution in [0.1, 0.15) is 23.9 Å². The van der Waals surface area contributed by atoms with E-state index in [0.717, 1.165) is 29.1 Å². The Kier molecular flexibility index (Phi) is 4.85. The van der Waals surface area contributed by atoms with E-state index < -0.39 is 5.82 Å². The Morgan fingerprint density at radius 3 is 2.70 bits per heavy atom. The Morgan fingerprint density at radius 2 is 1.93 bits per heavy atom. The van der Waals surface area contributed by atoms with Crippen molar-refractivity contribution in [2.24, 2.45) is 0 Å². The zero-order valence-corrected chi connectivity index (χ0v) is 15.2. The van der Waals surface area contributed by atoms with Gasteiger partial charge in [0.15, 0.2) is 0 Å². The number of benzene rings is 2. The summed E-state index contributed by atoms with van der Waals surface area (Å²) in [6.07, 6.45) is 1.67. The molecule has 0 saturated carbocycles. The molecule has 0 aliphatic carbocycles. The van der Waals surface area contributed by atoms with E-state index in [9.17, 15) is 13.6 Å². The molecule has 0 unspecified atom stereocenters. The second kappa shape index (κ2) is 7.44. The number of hydrogen-bond donors (Lipinski definition) is 1. The van der Waals surface area contributed by atoms with Gasteiger partial charge < -0.3 is 10.2 Å². The van der Waals surface area contributed by atoms with E-state index in [-0.39, 0.29) is 23.6 Å². The topological polar surface area (TPSA) is 45.2 Å². The maximum Gasteiger partial charge on any atom is 0.322 e. The molecular formula is C20H17F2N3OS. The van der Waals surface area contributed by atoms with Crippen molar-refractivity contribution in [3.05, 3.63) is 70.6 Å². The average molecular weight is 385 g/mol. The molecule has 1 atom stereocenters. The van der Waals surface area contributed by atoms with Crippen LogP contribution in [0.2, 0.25) is 0 Å². The van der Waals surface area contributed by atoms with Gasteiger partial charge in [0.25, 0.3) is 0 Å². The molecule has 0 bridgehead atoms. The first-order valence-electron chi connectivity index (χ1n) is 8.65. The molecule has 1 fully saturated rings. The van der Waals surface area contributed by atoms with Crippen LogP contribution in [0.3, 0.4) is 0 Å². The van der Waals surface area contributed by atoms with Crippen molar-refractivity contribution in [2.75, 3.05) is 11.9 Å². The molecule has 1 aromatic heterocycles. The number of hydrogen-bond acceptors (Lipinski definition) is 3. The van der Waals surface area contributed by atoms with E-state index >= 15 is 0 Å². The quantitative estimate of drug-likeness (QED) is 0.651. The summed E-state index contributed by atoms with van der Waals surface area (Å²) in [5, 5.41) is 5.38. The number of likely N-dealkylation sites (tertiary alicyclic amines) is 1. The van der Waals surface area contributed by atoms with Crippen molar-refractivity contribution in [1.29, 1.82) is 0 Å². The lowest BCUT2D eigenvalue weighted by molar-refractivity contribution is 0.207. The molecular weight excluding hydrogens is 368 g/mol. The van der Waals surface area contributed by atoms with Crippen LogP contribution in [0.4, 0.5) is 19.3 Å². The van der Waals surface area contributed by atoms with Gasteiger partial charge in [-0.25, -0.2) is 18.6 Å². The predicted molar refractivity (Wildman–Crippen MR) is 102 cm³/mol. The molecule has 1 N–H and O–H groups in total. The zero-order chi connectivity index (χ0) is 18.8. The Morgan fingerprint density at radius 1 is 1.15 bits per heavy atom. The van der Waals surface area contributed by atoms with E-state index in [2.05, 4.69) is 10.3 Å². The number of rotatable bonds is 3. The zero-order valence-electron chi connectivity index (χ0n) is 14.4. The van der Waals surface area contributed by atoms with E-state index in [1.54, 1.807) is 29.2 Å². The lowest BCUT2D eigenvalue weighted by atomic mass is 10.2. The standard InChI is InChI=1S/C20H17F2N3OS/c21-14-9-7-13(8-10-14)17-12-27-19(23-17)18-6-3-11-25(18)20(26)24-16-5-2-1-4-15(16)22/h1-2,4-5,7-10,12,18H,3,6,11H2,(H,24,26)/t18-/m0/s1. The highest BCUT2D eigenvalue weighted by Crippen LogP contribution is 2.36. The highest BCUT2D eigenvalue weighted by atomic mass is 32.1. The van der Waals surface area contributed by atoms with Crippen LogP contribution < -0.4 is 5.32 Å². The number of anilines is 1. The molecule has 4 rings (SSSR count). The predicted octanol–water partition coefficient (Wildman–Crippen LogP) is 5.46. The number of nitrogens with zero attached hydrogens (tertiary/aromatic N) is 2. The van der Waals surface area contributed by atoms with Gasteiger partial charge in [-0.3, -0.25) is 0 Å². The minimum Gasteiger partial charge on any atom is -0.315 e. The first-order valence-corrected chi connectivity index (χ1v) is 9.53. The van der Waals surface area contributed by atoms with Crippen LogP contribution in [0, 0.1) is 11.6 Å². The summed E-state index contributed by atoms with van der Waals surface area (Å²) in [6.45, 7) is 0.594. The SMILES string of the molecule is O=C(Nc1ccccc1F)N1CCC[C@H]1c1nc(-c2ccc(F)cc2)cs1. The number of carbonyl (C=O) groups excluding carboxylic acids is 1. The molecule has 0 spiro atoms. The Labute approximate surface area is 159 Å². The van der Waals surface area contributed by atoms with Crippen LogP contribution in [0.5, 0.6) is 0 Å². The molecule has 27 heavy (non-hydrogen) atoms. The number of nitrogens with one attached hydrogen (secondary N) is 1. The van der Waals surface area contributed by atoms with Gasteiger partial charge in [0.2, 0.25) is 0 Å². The summed E-state index contributed by atoms with van der Waals surface area (Å²) >= 11 is 1.48. The molecule has 1 saturated heterocycles. The van der Waals surface area contributed by atoms with Crippen molar-refractivity contribution < 1.29 is 13.6 Å². The van der Waals surface area contributed by atoms with Gasteiger partial charge in [0.05, 0.1) is 17.4 Å². The number of para-hydroxylation sites is 1. The molecule has 1 aliphatic heterocycles. The van der Waals surface area contributed by atoms with Crippen LogP contribution in [0.25, 0.3) is 11.3 Å². The van der Waals surface area contributed by atoms with Crippen molar-refractivity contribution in [2.45, 2.75) is 18.9 Å². The van der Waals surface area contributed by atoms with Crippen LogP contribution in [-0.4, -0.2) is 22.5 Å². The first-order chi connectivity index (χ1) is 13.1. The fourth-order valence-electron chi connectivity index (χ4n) is 3.21. The molecule has 0 radical (unpaired) electrons. The maximum atomic E-state index is 13.8. The largest absolute Gasteiger partial charge is 0.322 e. The third-order valence-electron chi connectivity index (χ3n) is 4.58. The summed E-state index contributed by atoms with van der Waals surface area (Å²) in [5.74, 6) is -0.754. The average Bonchev–Trinajstić information content (AvgIpc) is 3.33. The smallest absolute Gasteiger partial charge is 0.315 e. The van der Waals surface area contributed by atoms with Gasteiger partial charge in [-0.1, -0.05) is 12.1 Å². The number of amides is 2. The van der Waals surface area contributed by atoms with Gasteiger partial charge in [-0.05, 0) is 49.2 Å². The Bertz CT molecular complexity index is 958. The maximum absolute atomic E-state index is 13.8. The molecule has 2 heterocycles. The summed E-state index contributed by atoms with van der Waals surface area (Å²) in [7, 11) is 0. The molecule has 3 aromatic rings. The van der Waals surface area contributed by atoms with Crippen molar-refractivity contribution in [1.82, 2.24) is 9.88 Å². The summed E-state index contributed by atoms with van der Waals surface area (Å²) in [4.78, 5) is 19.0. The second-order valence-electron chi connectivity index (χ2n) is 6.34. The van der Waals surface area contributed by atoms with Crippen molar-refractivity contribution in [3.8, 4) is 11.3 Å². The minimum atomic E-state index is -0.463. The number of aromatic nitrogens is 1. The molecule has 1 aliphatic rings. The van der Waals surface area contributed by atoms with E-state index in [4.69, 9.17) is 0 Å². The van der Waals surface area contributed by atoms with Crippen LogP contribution in [-0.2, 0) is 0 Å². The van der Waals surface area contributed by atoms with Gasteiger partial charge in [-0.15, -0.1) is 11.3 Å². The minimum absolute atomic E-state index is 0.143. The number of thiazole rings is 1. The van der Waals surface area contributed by atoms with Gasteiger partial charge in [0, 0.05) is 17.5 Å². The molecule has 2 amide bonds. The summed E-state index contributed by atoms with van der Waals surface area (Å²) < 4.78 is 26.9. The van der Waals surface area contributed by atoms with Crippen molar-refractivity contribution >= 4 is 23.1 Å². The van der Waals surface area contributed by atoms with Gasteiger partial charge in [-0.2, -0.15) is 0 Å². The number of carbonyl (C=O) groups is 1. The fraction of sp³-hybridized carbons (Fsp3) is 0.200. The van der Waals surface area contributed by atoms with E-state index in [0.29, 0.717) is 6.54 Å². The highest BCUT2D eigenvalue weighted by molar-refractivity contribution is 7.10. The van der Waals surface area contributed by atoms with Gasteiger partial charge >= 0.3 is 6.03 Å². The van der Waals surface area contributed by atoms with Crippen molar-refractivity contribution in [3.63, 3.8) is 0 Å². The van der Waals surface area contributed by atoms with Gasteiger partial charge in [0.1, 0.15) is 16.6 Å². The third kappa shape index (κ3) is 3.68. The van der Waals surface area contributed by atoms with Crippen LogP contribution in [0.15, 0.2) is 53.9 Å². The first kappa shape index (κ1) is 17.6. The third-order valence-corrected chi connectivity index (χ3v) is 5.52. The highest BCUT2D eigenvalue weighted by Gasteiger charge is 2.32. The monoisotopic (exact) mass is 385 g/mol. The molecule has 7 heteroatoms. The normalized spacial score (nSPS) is 16.5. The van der Waals surface area contributed by atoms with Crippen LogP contribution >= 0.6 is 11.3 Å². The molecule has 4 nitrogen and oxygen atoms in total. The second-order valence-corrected chi connectivity index (χ2v) is 7.23. The Balaban J connectivity index is 1.52. The number of halogens is 2.